The van der Waals surface area contributed by atoms with E-state index in [2.05, 4.69) is 16.0 Å². The van der Waals surface area contributed by atoms with Crippen LogP contribution in [0.1, 0.15) is 42.1 Å². The lowest BCUT2D eigenvalue weighted by Gasteiger charge is -2.44. The number of rotatable bonds is 7. The standard InChI is InChI=1S/C26H28ClFN4O7/c1-14(38-2)12-18(31-22(33)15-4-6-16(7-5-15)30-24(35)36)23(34)32-19-9-8-17(27)21(28)20(19)26(39-25(32)37)10-3-11-29-13-26/h4-9,14,18,29-30H,3,10-13H2,1-2H3,(H,31,33)(H,35,36)/t14-,18-,26?/m0/s1. The minimum atomic E-state index is -1.33. The van der Waals surface area contributed by atoms with E-state index in [1.807, 2.05) is 0 Å². The molecule has 1 fully saturated rings. The van der Waals surface area contributed by atoms with Crippen LogP contribution in [-0.4, -0.2) is 61.5 Å². The molecular formula is C26H28ClFN4O7. The lowest BCUT2D eigenvalue weighted by atomic mass is 9.83. The fraction of sp³-hybridized carbons (Fsp3) is 0.385. The molecule has 0 saturated carbocycles. The molecular weight excluding hydrogens is 535 g/mol. The highest BCUT2D eigenvalue weighted by Crippen LogP contribution is 2.46. The Morgan fingerprint density at radius 2 is 1.97 bits per heavy atom. The number of piperidine rings is 1. The van der Waals surface area contributed by atoms with Crippen LogP contribution in [0.4, 0.5) is 25.4 Å². The van der Waals surface area contributed by atoms with Crippen LogP contribution in [0.5, 0.6) is 0 Å². The van der Waals surface area contributed by atoms with Crippen LogP contribution in [-0.2, 0) is 19.9 Å². The second-order valence-electron chi connectivity index (χ2n) is 9.39. The highest BCUT2D eigenvalue weighted by molar-refractivity contribution is 6.31. The van der Waals surface area contributed by atoms with Gasteiger partial charge in [-0.15, -0.1) is 0 Å². The van der Waals surface area contributed by atoms with Gasteiger partial charge in [0.15, 0.2) is 11.4 Å². The molecule has 13 heteroatoms. The molecule has 2 aliphatic heterocycles. The van der Waals surface area contributed by atoms with E-state index >= 15 is 4.39 Å². The normalized spacial score (nSPS) is 20.0. The minimum Gasteiger partial charge on any atom is -0.465 e. The molecule has 4 rings (SSSR count). The van der Waals surface area contributed by atoms with Gasteiger partial charge in [-0.05, 0) is 62.7 Å². The number of carbonyl (C=O) groups is 4. The van der Waals surface area contributed by atoms with Crippen molar-refractivity contribution in [2.45, 2.75) is 43.9 Å². The molecule has 2 aromatic carbocycles. The fourth-order valence-electron chi connectivity index (χ4n) is 4.78. The van der Waals surface area contributed by atoms with E-state index in [0.29, 0.717) is 19.4 Å². The third kappa shape index (κ3) is 5.82. The Labute approximate surface area is 228 Å². The van der Waals surface area contributed by atoms with Crippen molar-refractivity contribution in [3.05, 3.63) is 58.4 Å². The molecule has 39 heavy (non-hydrogen) atoms. The van der Waals surface area contributed by atoms with Gasteiger partial charge in [0.1, 0.15) is 6.04 Å². The molecule has 4 N–H and O–H groups in total. The maximum Gasteiger partial charge on any atom is 0.422 e. The molecule has 11 nitrogen and oxygen atoms in total. The molecule has 3 atom stereocenters. The van der Waals surface area contributed by atoms with Crippen LogP contribution in [0.25, 0.3) is 0 Å². The molecule has 2 heterocycles. The Balaban J connectivity index is 1.67. The van der Waals surface area contributed by atoms with Crippen molar-refractivity contribution >= 4 is 47.0 Å². The summed E-state index contributed by atoms with van der Waals surface area (Å²) in [5.41, 5.74) is -0.947. The van der Waals surface area contributed by atoms with Gasteiger partial charge in [0.2, 0.25) is 0 Å². The predicted molar refractivity (Wildman–Crippen MR) is 140 cm³/mol. The number of carbonyl (C=O) groups excluding carboxylic acids is 3. The second kappa shape index (κ2) is 11.6. The SMILES string of the molecule is CO[C@@H](C)C[C@H](NC(=O)c1ccc(NC(=O)O)cc1)C(=O)N1C(=O)OC2(CCCNC2)c2c1ccc(Cl)c2F. The van der Waals surface area contributed by atoms with Crippen LogP contribution in [0, 0.1) is 5.82 Å². The monoisotopic (exact) mass is 562 g/mol. The van der Waals surface area contributed by atoms with Crippen molar-refractivity contribution in [2.24, 2.45) is 0 Å². The van der Waals surface area contributed by atoms with E-state index in [9.17, 15) is 19.2 Å². The average molecular weight is 563 g/mol. The summed E-state index contributed by atoms with van der Waals surface area (Å²) in [5.74, 6) is -2.29. The summed E-state index contributed by atoms with van der Waals surface area (Å²) in [6.45, 7) is 2.50. The molecule has 208 valence electrons. The summed E-state index contributed by atoms with van der Waals surface area (Å²) >= 11 is 6.09. The van der Waals surface area contributed by atoms with Crippen LogP contribution >= 0.6 is 11.6 Å². The van der Waals surface area contributed by atoms with Crippen molar-refractivity contribution in [3.63, 3.8) is 0 Å². The van der Waals surface area contributed by atoms with Gasteiger partial charge in [-0.1, -0.05) is 11.6 Å². The van der Waals surface area contributed by atoms with Gasteiger partial charge in [-0.25, -0.2) is 18.9 Å². The summed E-state index contributed by atoms with van der Waals surface area (Å²) in [5, 5.41) is 16.6. The van der Waals surface area contributed by atoms with Gasteiger partial charge in [0, 0.05) is 31.3 Å². The zero-order valence-corrected chi connectivity index (χ0v) is 22.0. The lowest BCUT2D eigenvalue weighted by Crippen LogP contribution is -2.58. The molecule has 1 saturated heterocycles. The molecule has 4 amide bonds. The van der Waals surface area contributed by atoms with Gasteiger partial charge < -0.3 is 25.2 Å². The molecule has 0 bridgehead atoms. The number of hydrogen-bond acceptors (Lipinski definition) is 7. The number of imide groups is 1. The van der Waals surface area contributed by atoms with Gasteiger partial charge in [-0.2, -0.15) is 0 Å². The van der Waals surface area contributed by atoms with Crippen molar-refractivity contribution < 1.29 is 38.1 Å². The molecule has 0 aromatic heterocycles. The number of anilines is 2. The highest BCUT2D eigenvalue weighted by Gasteiger charge is 2.50. The average Bonchev–Trinajstić information content (AvgIpc) is 2.90. The molecule has 0 aliphatic carbocycles. The van der Waals surface area contributed by atoms with E-state index < -0.39 is 47.6 Å². The molecule has 1 unspecified atom stereocenters. The Hall–Kier alpha value is -3.74. The topological polar surface area (TPSA) is 146 Å². The van der Waals surface area contributed by atoms with Crippen LogP contribution in [0.15, 0.2) is 36.4 Å². The van der Waals surface area contributed by atoms with Gasteiger partial charge in [0.25, 0.3) is 11.8 Å². The van der Waals surface area contributed by atoms with Crippen LogP contribution in [0.3, 0.4) is 0 Å². The third-order valence-corrected chi connectivity index (χ3v) is 7.06. The fourth-order valence-corrected chi connectivity index (χ4v) is 4.94. The molecule has 2 aliphatic rings. The summed E-state index contributed by atoms with van der Waals surface area (Å²) in [4.78, 5) is 51.8. The first-order valence-electron chi connectivity index (χ1n) is 12.3. The van der Waals surface area contributed by atoms with E-state index in [1.165, 1.54) is 43.5 Å². The Morgan fingerprint density at radius 1 is 1.26 bits per heavy atom. The van der Waals surface area contributed by atoms with Crippen molar-refractivity contribution in [3.8, 4) is 0 Å². The first kappa shape index (κ1) is 28.3. The number of halogens is 2. The highest BCUT2D eigenvalue weighted by atomic mass is 35.5. The number of carboxylic acid groups (broad SMARTS) is 1. The Morgan fingerprint density at radius 3 is 2.59 bits per heavy atom. The summed E-state index contributed by atoms with van der Waals surface area (Å²) in [7, 11) is 1.43. The maximum atomic E-state index is 15.5. The summed E-state index contributed by atoms with van der Waals surface area (Å²) in [6.07, 6.45) is -1.82. The van der Waals surface area contributed by atoms with E-state index in [4.69, 9.17) is 26.2 Å². The van der Waals surface area contributed by atoms with Crippen molar-refractivity contribution in [2.75, 3.05) is 30.4 Å². The lowest BCUT2D eigenvalue weighted by molar-refractivity contribution is -0.121. The Kier molecular flexibility index (Phi) is 8.38. The largest absolute Gasteiger partial charge is 0.465 e. The molecule has 1 spiro atoms. The number of methoxy groups -OCH3 is 1. The maximum absolute atomic E-state index is 15.5. The first-order valence-corrected chi connectivity index (χ1v) is 12.6. The van der Waals surface area contributed by atoms with Crippen LogP contribution < -0.4 is 20.9 Å². The number of amides is 4. The predicted octanol–water partition coefficient (Wildman–Crippen LogP) is 3.85. The third-order valence-electron chi connectivity index (χ3n) is 6.77. The van der Waals surface area contributed by atoms with Crippen molar-refractivity contribution in [1.29, 1.82) is 0 Å². The number of ether oxygens (including phenoxy) is 2. The zero-order chi connectivity index (χ0) is 28.3. The molecule has 0 radical (unpaired) electrons. The number of nitrogens with zero attached hydrogens (tertiary/aromatic N) is 1. The number of benzene rings is 2. The molecule has 2 aromatic rings. The number of fused-ring (bicyclic) bond motifs is 2. The van der Waals surface area contributed by atoms with Gasteiger partial charge in [-0.3, -0.25) is 14.9 Å². The number of hydrogen-bond donors (Lipinski definition) is 4. The van der Waals surface area contributed by atoms with E-state index in [0.717, 1.165) is 4.90 Å². The van der Waals surface area contributed by atoms with Gasteiger partial charge in [0.05, 0.1) is 22.4 Å². The van der Waals surface area contributed by atoms with Crippen LogP contribution in [0.2, 0.25) is 5.02 Å². The quantitative estimate of drug-likeness (QED) is 0.398. The summed E-state index contributed by atoms with van der Waals surface area (Å²) in [6, 6.07) is 6.92. The summed E-state index contributed by atoms with van der Waals surface area (Å²) < 4.78 is 26.5. The van der Waals surface area contributed by atoms with Crippen molar-refractivity contribution in [1.82, 2.24) is 10.6 Å². The second-order valence-corrected chi connectivity index (χ2v) is 9.79. The van der Waals surface area contributed by atoms with E-state index in [-0.39, 0.29) is 40.5 Å². The Bertz CT molecular complexity index is 1280. The van der Waals surface area contributed by atoms with E-state index in [1.54, 1.807) is 6.92 Å². The number of nitrogens with one attached hydrogen (secondary N) is 3. The van der Waals surface area contributed by atoms with Gasteiger partial charge >= 0.3 is 12.2 Å². The zero-order valence-electron chi connectivity index (χ0n) is 21.3. The first-order chi connectivity index (χ1) is 18.6. The smallest absolute Gasteiger partial charge is 0.422 e. The minimum absolute atomic E-state index is 0.00142.